The van der Waals surface area contributed by atoms with Crippen LogP contribution in [-0.4, -0.2) is 44.8 Å². The highest BCUT2D eigenvalue weighted by atomic mass is 35.5. The Morgan fingerprint density at radius 1 is 1.25 bits per heavy atom. The number of benzene rings is 1. The number of hydrazone groups is 1. The number of amidine groups is 2. The van der Waals surface area contributed by atoms with Crippen LogP contribution in [0.2, 0.25) is 5.02 Å². The number of aliphatic imine (C=N–C) groups is 1. The molecule has 32 heavy (non-hydrogen) atoms. The lowest BCUT2D eigenvalue weighted by molar-refractivity contribution is -0.114. The Hall–Kier alpha value is -3.05. The Morgan fingerprint density at radius 3 is 2.62 bits per heavy atom. The van der Waals surface area contributed by atoms with Gasteiger partial charge in [0.1, 0.15) is 5.75 Å². The van der Waals surface area contributed by atoms with Crippen molar-refractivity contribution in [2.75, 3.05) is 7.11 Å². The monoisotopic (exact) mass is 481 g/mol. The molecule has 0 spiro atoms. The maximum absolute atomic E-state index is 13.0. The molecule has 0 atom stereocenters. The Bertz CT molecular complexity index is 1260. The number of rotatable bonds is 3. The standard InChI is InChI=1S/C20H15ClF3N5O2S/c1-9-6-11(10(2)28(9)14-8-12(21)4-5-15(14)31-3)7-13-16(25)29-19(26-17(13)30)32-18(27-29)20(22,23)24/h4-8,25H,1-3H3. The molecule has 0 saturated heterocycles. The molecule has 4 rings (SSSR count). The highest BCUT2D eigenvalue weighted by Crippen LogP contribution is 2.36. The van der Waals surface area contributed by atoms with Crippen LogP contribution in [0.3, 0.4) is 0 Å². The number of aromatic nitrogens is 1. The molecule has 166 valence electrons. The van der Waals surface area contributed by atoms with Gasteiger partial charge in [0.05, 0.1) is 18.4 Å². The second kappa shape index (κ2) is 7.82. The molecular formula is C20H15ClF3N5O2S. The average molecular weight is 482 g/mol. The van der Waals surface area contributed by atoms with E-state index in [-0.39, 0.29) is 22.5 Å². The fourth-order valence-corrected chi connectivity index (χ4v) is 4.33. The van der Waals surface area contributed by atoms with Gasteiger partial charge in [-0.15, -0.1) is 0 Å². The van der Waals surface area contributed by atoms with Gasteiger partial charge in [-0.25, -0.2) is 0 Å². The van der Waals surface area contributed by atoms with E-state index < -0.39 is 23.0 Å². The van der Waals surface area contributed by atoms with Gasteiger partial charge < -0.3 is 9.30 Å². The van der Waals surface area contributed by atoms with Crippen LogP contribution >= 0.6 is 23.4 Å². The van der Waals surface area contributed by atoms with Crippen molar-refractivity contribution >= 4 is 51.4 Å². The summed E-state index contributed by atoms with van der Waals surface area (Å²) < 4.78 is 46.3. The number of nitrogens with zero attached hydrogens (tertiary/aromatic N) is 4. The van der Waals surface area contributed by atoms with Crippen LogP contribution in [0.4, 0.5) is 13.2 Å². The zero-order valence-electron chi connectivity index (χ0n) is 16.9. The van der Waals surface area contributed by atoms with Gasteiger partial charge in [-0.2, -0.15) is 28.3 Å². The molecule has 0 unspecified atom stereocenters. The number of ether oxygens (including phenoxy) is 1. The van der Waals surface area contributed by atoms with Gasteiger partial charge in [0, 0.05) is 16.4 Å². The fourth-order valence-electron chi connectivity index (χ4n) is 3.40. The molecule has 2 aliphatic rings. The summed E-state index contributed by atoms with van der Waals surface area (Å²) in [5.74, 6) is -0.705. The highest BCUT2D eigenvalue weighted by Gasteiger charge is 2.46. The Morgan fingerprint density at radius 2 is 1.97 bits per heavy atom. The second-order valence-electron chi connectivity index (χ2n) is 6.90. The summed E-state index contributed by atoms with van der Waals surface area (Å²) in [7, 11) is 1.53. The van der Waals surface area contributed by atoms with E-state index in [1.54, 1.807) is 31.2 Å². The third-order valence-electron chi connectivity index (χ3n) is 4.85. The number of thioether (sulfide) groups is 1. The molecule has 1 aromatic carbocycles. The maximum atomic E-state index is 13.0. The molecule has 2 aromatic rings. The molecular weight excluding hydrogens is 467 g/mol. The van der Waals surface area contributed by atoms with Gasteiger partial charge in [-0.05, 0) is 61.5 Å². The lowest BCUT2D eigenvalue weighted by Crippen LogP contribution is -2.35. The second-order valence-corrected chi connectivity index (χ2v) is 8.29. The topological polar surface area (TPSA) is 83.0 Å². The molecule has 12 heteroatoms. The van der Waals surface area contributed by atoms with Crippen molar-refractivity contribution in [2.45, 2.75) is 20.0 Å². The number of nitrogens with one attached hydrogen (secondary N) is 1. The molecule has 2 aliphatic heterocycles. The van der Waals surface area contributed by atoms with Gasteiger partial charge in [0.2, 0.25) is 10.2 Å². The summed E-state index contributed by atoms with van der Waals surface area (Å²) in [6.07, 6.45) is -3.27. The number of alkyl halides is 3. The Labute approximate surface area is 189 Å². The molecule has 1 amide bonds. The van der Waals surface area contributed by atoms with Crippen molar-refractivity contribution < 1.29 is 22.7 Å². The van der Waals surface area contributed by atoms with Crippen LogP contribution in [0.25, 0.3) is 11.8 Å². The molecule has 7 nitrogen and oxygen atoms in total. The summed E-state index contributed by atoms with van der Waals surface area (Å²) in [6, 6.07) is 6.94. The van der Waals surface area contributed by atoms with Crippen LogP contribution < -0.4 is 4.74 Å². The van der Waals surface area contributed by atoms with E-state index in [2.05, 4.69) is 10.1 Å². The first-order valence-corrected chi connectivity index (χ1v) is 10.3. The first-order chi connectivity index (χ1) is 15.0. The van der Waals surface area contributed by atoms with Gasteiger partial charge in [-0.1, -0.05) is 11.6 Å². The zero-order chi connectivity index (χ0) is 23.4. The van der Waals surface area contributed by atoms with Gasteiger partial charge in [0.25, 0.3) is 5.91 Å². The van der Waals surface area contributed by atoms with Crippen molar-refractivity contribution in [1.82, 2.24) is 9.58 Å². The van der Waals surface area contributed by atoms with Crippen molar-refractivity contribution in [3.8, 4) is 11.4 Å². The third-order valence-corrected chi connectivity index (χ3v) is 6.04. The molecule has 3 heterocycles. The van der Waals surface area contributed by atoms with Gasteiger partial charge in [-0.3, -0.25) is 10.2 Å². The average Bonchev–Trinajstić information content (AvgIpc) is 3.26. The van der Waals surface area contributed by atoms with E-state index in [1.165, 1.54) is 13.2 Å². The third kappa shape index (κ3) is 3.71. The quantitative estimate of drug-likeness (QED) is 0.630. The predicted molar refractivity (Wildman–Crippen MR) is 118 cm³/mol. The molecule has 0 fully saturated rings. The van der Waals surface area contributed by atoms with E-state index in [9.17, 15) is 18.0 Å². The van der Waals surface area contributed by atoms with Crippen molar-refractivity contribution in [1.29, 1.82) is 5.41 Å². The number of carbonyl (C=O) groups is 1. The first kappa shape index (κ1) is 22.2. The SMILES string of the molecule is COc1ccc(Cl)cc1-n1c(C)cc(C=C2C(=N)N3N=C(C(F)(F)F)SC3=NC2=O)c1C. The lowest BCUT2D eigenvalue weighted by Gasteiger charge is -2.20. The van der Waals surface area contributed by atoms with E-state index in [0.717, 1.165) is 10.7 Å². The molecule has 0 bridgehead atoms. The van der Waals surface area contributed by atoms with Crippen LogP contribution in [0.1, 0.15) is 17.0 Å². The van der Waals surface area contributed by atoms with Crippen molar-refractivity contribution in [2.24, 2.45) is 10.1 Å². The fraction of sp³-hybridized carbons (Fsp3) is 0.200. The zero-order valence-corrected chi connectivity index (χ0v) is 18.5. The summed E-state index contributed by atoms with van der Waals surface area (Å²) in [4.78, 5) is 16.2. The highest BCUT2D eigenvalue weighted by molar-refractivity contribution is 8.27. The van der Waals surface area contributed by atoms with Crippen LogP contribution in [-0.2, 0) is 4.79 Å². The van der Waals surface area contributed by atoms with Gasteiger partial charge in [0.15, 0.2) is 5.84 Å². The van der Waals surface area contributed by atoms with Crippen LogP contribution in [0, 0.1) is 19.3 Å². The minimum atomic E-state index is -4.70. The Kier molecular flexibility index (Phi) is 5.41. The number of hydrogen-bond donors (Lipinski definition) is 1. The first-order valence-electron chi connectivity index (χ1n) is 9.11. The maximum Gasteiger partial charge on any atom is 0.441 e. The minimum absolute atomic E-state index is 0.167. The Balaban J connectivity index is 1.77. The number of amides is 1. The molecule has 1 aromatic heterocycles. The number of hydrogen-bond acceptors (Lipinski definition) is 5. The summed E-state index contributed by atoms with van der Waals surface area (Å²) in [5, 5.41) is 11.4. The largest absolute Gasteiger partial charge is 0.495 e. The van der Waals surface area contributed by atoms with Crippen molar-refractivity contribution in [3.63, 3.8) is 0 Å². The minimum Gasteiger partial charge on any atom is -0.495 e. The molecule has 0 saturated carbocycles. The van der Waals surface area contributed by atoms with Crippen LogP contribution in [0.5, 0.6) is 5.75 Å². The molecule has 0 aliphatic carbocycles. The van der Waals surface area contributed by atoms with Crippen LogP contribution in [0.15, 0.2) is 39.9 Å². The smallest absolute Gasteiger partial charge is 0.441 e. The van der Waals surface area contributed by atoms with Gasteiger partial charge >= 0.3 is 6.18 Å². The number of carbonyl (C=O) groups excluding carboxylic acids is 1. The van der Waals surface area contributed by atoms with E-state index in [1.807, 2.05) is 11.5 Å². The normalized spacial score (nSPS) is 17.6. The van der Waals surface area contributed by atoms with E-state index >= 15 is 0 Å². The lowest BCUT2D eigenvalue weighted by atomic mass is 10.1. The number of halogens is 4. The molecule has 1 N–H and O–H groups in total. The number of methoxy groups -OCH3 is 1. The molecule has 0 radical (unpaired) electrons. The van der Waals surface area contributed by atoms with E-state index in [4.69, 9.17) is 21.7 Å². The number of fused-ring (bicyclic) bond motifs is 1. The van der Waals surface area contributed by atoms with E-state index in [0.29, 0.717) is 27.7 Å². The predicted octanol–water partition coefficient (Wildman–Crippen LogP) is 4.94. The summed E-state index contributed by atoms with van der Waals surface area (Å²) in [6.45, 7) is 3.65. The summed E-state index contributed by atoms with van der Waals surface area (Å²) in [5.41, 5.74) is 2.60. The van der Waals surface area contributed by atoms with Crippen molar-refractivity contribution in [3.05, 3.63) is 51.8 Å². The summed E-state index contributed by atoms with van der Waals surface area (Å²) >= 11 is 6.37. The number of aryl methyl sites for hydroxylation is 1.